The molecule has 0 bridgehead atoms. The second kappa shape index (κ2) is 6.14. The number of hydrogen-bond donors (Lipinski definition) is 2. The van der Waals surface area contributed by atoms with Crippen molar-refractivity contribution in [2.24, 2.45) is 0 Å². The van der Waals surface area contributed by atoms with Crippen LogP contribution >= 0.6 is 0 Å². The van der Waals surface area contributed by atoms with Crippen LogP contribution in [0.4, 0.5) is 17.1 Å². The summed E-state index contributed by atoms with van der Waals surface area (Å²) in [6.07, 6.45) is 0. The number of nitrogens with one attached hydrogen (secondary N) is 2. The zero-order chi connectivity index (χ0) is 14.5. The molecule has 3 aromatic rings. The summed E-state index contributed by atoms with van der Waals surface area (Å²) in [4.78, 5) is 0. The van der Waals surface area contributed by atoms with Gasteiger partial charge in [-0.05, 0) is 47.5 Å². The van der Waals surface area contributed by atoms with Gasteiger partial charge in [0.1, 0.15) is 0 Å². The van der Waals surface area contributed by atoms with Gasteiger partial charge in [0.2, 0.25) is 0 Å². The average Bonchev–Trinajstić information content (AvgIpc) is 2.57. The van der Waals surface area contributed by atoms with Gasteiger partial charge < -0.3 is 10.6 Å². The van der Waals surface area contributed by atoms with Crippen molar-refractivity contribution in [1.29, 1.82) is 0 Å². The first-order chi connectivity index (χ1) is 10.3. The predicted octanol–water partition coefficient (Wildman–Crippen LogP) is 5.14. The molecule has 0 radical (unpaired) electrons. The molecule has 0 saturated carbocycles. The molecule has 0 aliphatic heterocycles. The molecular weight excluding hydrogens is 256 g/mol. The molecule has 3 rings (SSSR count). The van der Waals surface area contributed by atoms with Gasteiger partial charge in [-0.3, -0.25) is 0 Å². The van der Waals surface area contributed by atoms with Crippen molar-refractivity contribution in [2.75, 3.05) is 17.7 Å². The van der Waals surface area contributed by atoms with Gasteiger partial charge in [0.05, 0.1) is 0 Å². The van der Waals surface area contributed by atoms with E-state index in [1.54, 1.807) is 0 Å². The third-order valence-electron chi connectivity index (χ3n) is 3.45. The maximum atomic E-state index is 3.39. The van der Waals surface area contributed by atoms with Crippen molar-refractivity contribution < 1.29 is 0 Å². The Bertz CT molecular complexity index is 686. The standard InChI is InChI=1S/C19H18N2/c1-20-17-11-7-15(8-12-17)16-9-13-19(14-10-16)21-18-5-3-2-4-6-18/h2-14,20-21H,1H3. The third kappa shape index (κ3) is 3.23. The van der Waals surface area contributed by atoms with Gasteiger partial charge in [-0.25, -0.2) is 0 Å². The summed E-state index contributed by atoms with van der Waals surface area (Å²) < 4.78 is 0. The summed E-state index contributed by atoms with van der Waals surface area (Å²) in [5.74, 6) is 0. The molecule has 0 atom stereocenters. The fourth-order valence-electron chi connectivity index (χ4n) is 2.26. The summed E-state index contributed by atoms with van der Waals surface area (Å²) in [6.45, 7) is 0. The minimum absolute atomic E-state index is 1.09. The van der Waals surface area contributed by atoms with Crippen LogP contribution in [-0.4, -0.2) is 7.05 Å². The maximum Gasteiger partial charge on any atom is 0.0384 e. The lowest BCUT2D eigenvalue weighted by Gasteiger charge is -2.08. The zero-order valence-corrected chi connectivity index (χ0v) is 12.0. The van der Waals surface area contributed by atoms with Gasteiger partial charge in [0.15, 0.2) is 0 Å². The molecule has 0 heterocycles. The number of para-hydroxylation sites is 1. The zero-order valence-electron chi connectivity index (χ0n) is 12.0. The topological polar surface area (TPSA) is 24.1 Å². The Morgan fingerprint density at radius 2 is 1.00 bits per heavy atom. The highest BCUT2D eigenvalue weighted by Gasteiger charge is 1.99. The van der Waals surface area contributed by atoms with E-state index in [4.69, 9.17) is 0 Å². The van der Waals surface area contributed by atoms with E-state index in [1.807, 2.05) is 25.2 Å². The van der Waals surface area contributed by atoms with E-state index in [-0.39, 0.29) is 0 Å². The first kappa shape index (κ1) is 13.3. The monoisotopic (exact) mass is 274 g/mol. The van der Waals surface area contributed by atoms with E-state index in [9.17, 15) is 0 Å². The minimum atomic E-state index is 1.09. The molecule has 0 saturated heterocycles. The molecule has 0 aliphatic rings. The molecule has 0 amide bonds. The Kier molecular flexibility index (Phi) is 3.88. The van der Waals surface area contributed by atoms with E-state index >= 15 is 0 Å². The average molecular weight is 274 g/mol. The van der Waals surface area contributed by atoms with Crippen LogP contribution in [0.1, 0.15) is 0 Å². The summed E-state index contributed by atoms with van der Waals surface area (Å²) >= 11 is 0. The number of anilines is 3. The van der Waals surface area contributed by atoms with Crippen molar-refractivity contribution in [3.63, 3.8) is 0 Å². The minimum Gasteiger partial charge on any atom is -0.388 e. The molecule has 104 valence electrons. The van der Waals surface area contributed by atoms with Crippen LogP contribution < -0.4 is 10.6 Å². The Morgan fingerprint density at radius 1 is 0.524 bits per heavy atom. The summed E-state index contributed by atoms with van der Waals surface area (Å²) in [6, 6.07) is 27.1. The fourth-order valence-corrected chi connectivity index (χ4v) is 2.26. The van der Waals surface area contributed by atoms with Crippen LogP contribution in [0.15, 0.2) is 78.9 Å². The highest BCUT2D eigenvalue weighted by Crippen LogP contribution is 2.24. The summed E-state index contributed by atoms with van der Waals surface area (Å²) in [7, 11) is 1.93. The van der Waals surface area contributed by atoms with Crippen molar-refractivity contribution in [3.8, 4) is 11.1 Å². The molecule has 21 heavy (non-hydrogen) atoms. The predicted molar refractivity (Wildman–Crippen MR) is 91.1 cm³/mol. The van der Waals surface area contributed by atoms with E-state index in [2.05, 4.69) is 71.3 Å². The molecule has 2 N–H and O–H groups in total. The molecular formula is C19H18N2. The first-order valence-electron chi connectivity index (χ1n) is 7.05. The number of benzene rings is 3. The Labute approximate surface area is 125 Å². The number of hydrogen-bond acceptors (Lipinski definition) is 2. The Morgan fingerprint density at radius 3 is 1.52 bits per heavy atom. The van der Waals surface area contributed by atoms with Gasteiger partial charge in [0.25, 0.3) is 0 Å². The Hall–Kier alpha value is -2.74. The van der Waals surface area contributed by atoms with Crippen molar-refractivity contribution in [3.05, 3.63) is 78.9 Å². The van der Waals surface area contributed by atoms with E-state index < -0.39 is 0 Å². The molecule has 3 aromatic carbocycles. The van der Waals surface area contributed by atoms with Crippen LogP contribution in [0.2, 0.25) is 0 Å². The quantitative estimate of drug-likeness (QED) is 0.688. The number of rotatable bonds is 4. The van der Waals surface area contributed by atoms with E-state index in [0.717, 1.165) is 17.1 Å². The molecule has 0 spiro atoms. The lowest BCUT2D eigenvalue weighted by molar-refractivity contribution is 1.50. The van der Waals surface area contributed by atoms with Crippen LogP contribution in [0.25, 0.3) is 11.1 Å². The molecule has 0 aliphatic carbocycles. The van der Waals surface area contributed by atoms with Crippen LogP contribution in [0, 0.1) is 0 Å². The smallest absolute Gasteiger partial charge is 0.0384 e. The fraction of sp³-hybridized carbons (Fsp3) is 0.0526. The van der Waals surface area contributed by atoms with Gasteiger partial charge in [-0.2, -0.15) is 0 Å². The molecule has 0 fully saturated rings. The summed E-state index contributed by atoms with van der Waals surface area (Å²) in [5, 5.41) is 6.52. The van der Waals surface area contributed by atoms with Crippen LogP contribution in [0.5, 0.6) is 0 Å². The summed E-state index contributed by atoms with van der Waals surface area (Å²) in [5.41, 5.74) is 5.76. The van der Waals surface area contributed by atoms with Gasteiger partial charge in [0, 0.05) is 24.1 Å². The van der Waals surface area contributed by atoms with Crippen LogP contribution in [-0.2, 0) is 0 Å². The lowest BCUT2D eigenvalue weighted by atomic mass is 10.0. The van der Waals surface area contributed by atoms with Crippen molar-refractivity contribution in [1.82, 2.24) is 0 Å². The molecule has 0 unspecified atom stereocenters. The maximum absolute atomic E-state index is 3.39. The molecule has 0 aromatic heterocycles. The van der Waals surface area contributed by atoms with Crippen molar-refractivity contribution in [2.45, 2.75) is 0 Å². The van der Waals surface area contributed by atoms with Gasteiger partial charge >= 0.3 is 0 Å². The SMILES string of the molecule is CNc1ccc(-c2ccc(Nc3ccccc3)cc2)cc1. The highest BCUT2D eigenvalue weighted by molar-refractivity contribution is 5.69. The van der Waals surface area contributed by atoms with Crippen LogP contribution in [0.3, 0.4) is 0 Å². The lowest BCUT2D eigenvalue weighted by Crippen LogP contribution is -1.90. The van der Waals surface area contributed by atoms with E-state index in [0.29, 0.717) is 0 Å². The first-order valence-corrected chi connectivity index (χ1v) is 7.05. The molecule has 2 nitrogen and oxygen atoms in total. The Balaban J connectivity index is 1.77. The second-order valence-corrected chi connectivity index (χ2v) is 4.90. The highest BCUT2D eigenvalue weighted by atomic mass is 14.9. The largest absolute Gasteiger partial charge is 0.388 e. The second-order valence-electron chi connectivity index (χ2n) is 4.90. The molecule has 2 heteroatoms. The normalized spacial score (nSPS) is 10.1. The van der Waals surface area contributed by atoms with Crippen molar-refractivity contribution >= 4 is 17.1 Å². The third-order valence-corrected chi connectivity index (χ3v) is 3.45. The van der Waals surface area contributed by atoms with Gasteiger partial charge in [-0.1, -0.05) is 42.5 Å². The van der Waals surface area contributed by atoms with Gasteiger partial charge in [-0.15, -0.1) is 0 Å². The van der Waals surface area contributed by atoms with E-state index in [1.165, 1.54) is 11.1 Å².